The second kappa shape index (κ2) is 4.42. The first kappa shape index (κ1) is 11.4. The summed E-state index contributed by atoms with van der Waals surface area (Å²) in [6, 6.07) is 0. The van der Waals surface area contributed by atoms with Crippen LogP contribution in [0.1, 0.15) is 20.8 Å². The standard InChI is InChI=1S/C8H18N2O2/c1-8(2,3)12-7(11)6-9-10(4)5/h9H,6H2,1-5H3. The van der Waals surface area contributed by atoms with Gasteiger partial charge in [0.25, 0.3) is 0 Å². The van der Waals surface area contributed by atoms with E-state index in [0.717, 1.165) is 0 Å². The lowest BCUT2D eigenvalue weighted by atomic mass is 10.2. The van der Waals surface area contributed by atoms with E-state index in [4.69, 9.17) is 4.74 Å². The summed E-state index contributed by atoms with van der Waals surface area (Å²) in [6.45, 7) is 5.76. The molecule has 72 valence electrons. The van der Waals surface area contributed by atoms with E-state index >= 15 is 0 Å². The smallest absolute Gasteiger partial charge is 0.321 e. The predicted molar refractivity (Wildman–Crippen MR) is 47.5 cm³/mol. The molecular formula is C8H18N2O2. The summed E-state index contributed by atoms with van der Waals surface area (Å²) < 4.78 is 5.06. The number of hydrogen-bond donors (Lipinski definition) is 1. The number of nitrogens with one attached hydrogen (secondary N) is 1. The highest BCUT2D eigenvalue weighted by molar-refractivity contribution is 5.71. The maximum Gasteiger partial charge on any atom is 0.321 e. The van der Waals surface area contributed by atoms with E-state index in [0.29, 0.717) is 0 Å². The van der Waals surface area contributed by atoms with Gasteiger partial charge in [-0.05, 0) is 20.8 Å². The van der Waals surface area contributed by atoms with Gasteiger partial charge in [0.2, 0.25) is 0 Å². The minimum atomic E-state index is -0.398. The monoisotopic (exact) mass is 174 g/mol. The van der Waals surface area contributed by atoms with Crippen LogP contribution in [0.5, 0.6) is 0 Å². The van der Waals surface area contributed by atoms with E-state index in [-0.39, 0.29) is 12.5 Å². The summed E-state index contributed by atoms with van der Waals surface area (Å²) in [4.78, 5) is 11.1. The SMILES string of the molecule is CN(C)NCC(=O)OC(C)(C)C. The van der Waals surface area contributed by atoms with Gasteiger partial charge < -0.3 is 4.74 Å². The normalized spacial score (nSPS) is 11.8. The van der Waals surface area contributed by atoms with Crippen molar-refractivity contribution < 1.29 is 9.53 Å². The largest absolute Gasteiger partial charge is 0.459 e. The van der Waals surface area contributed by atoms with Crippen molar-refractivity contribution in [3.8, 4) is 0 Å². The van der Waals surface area contributed by atoms with Crippen molar-refractivity contribution in [3.63, 3.8) is 0 Å². The second-order valence-corrected chi connectivity index (χ2v) is 3.82. The van der Waals surface area contributed by atoms with Crippen LogP contribution in [0.2, 0.25) is 0 Å². The molecule has 0 rings (SSSR count). The highest BCUT2D eigenvalue weighted by atomic mass is 16.6. The molecule has 0 radical (unpaired) electrons. The van der Waals surface area contributed by atoms with Gasteiger partial charge in [0.1, 0.15) is 12.1 Å². The fraction of sp³-hybridized carbons (Fsp3) is 0.875. The zero-order chi connectivity index (χ0) is 9.78. The van der Waals surface area contributed by atoms with Gasteiger partial charge in [-0.3, -0.25) is 9.80 Å². The maximum atomic E-state index is 11.1. The molecule has 0 atom stereocenters. The quantitative estimate of drug-likeness (QED) is 0.496. The minimum Gasteiger partial charge on any atom is -0.459 e. The Morgan fingerprint density at radius 1 is 1.42 bits per heavy atom. The van der Waals surface area contributed by atoms with Crippen molar-refractivity contribution in [2.45, 2.75) is 26.4 Å². The van der Waals surface area contributed by atoms with Crippen LogP contribution in [0.25, 0.3) is 0 Å². The molecule has 0 amide bonds. The Hall–Kier alpha value is -0.610. The fourth-order valence-electron chi connectivity index (χ4n) is 0.600. The van der Waals surface area contributed by atoms with Gasteiger partial charge in [0.05, 0.1) is 0 Å². The first-order valence-corrected chi connectivity index (χ1v) is 3.94. The molecule has 12 heavy (non-hydrogen) atoms. The molecule has 0 unspecified atom stereocenters. The van der Waals surface area contributed by atoms with Gasteiger partial charge >= 0.3 is 5.97 Å². The number of esters is 1. The van der Waals surface area contributed by atoms with Crippen molar-refractivity contribution in [2.24, 2.45) is 0 Å². The second-order valence-electron chi connectivity index (χ2n) is 3.82. The Labute approximate surface area is 73.8 Å². The van der Waals surface area contributed by atoms with Crippen LogP contribution < -0.4 is 5.43 Å². The lowest BCUT2D eigenvalue weighted by Crippen LogP contribution is -2.38. The Bertz CT molecular complexity index is 150. The summed E-state index contributed by atoms with van der Waals surface area (Å²) in [7, 11) is 3.65. The third kappa shape index (κ3) is 7.50. The number of nitrogens with zero attached hydrogens (tertiary/aromatic N) is 1. The van der Waals surface area contributed by atoms with Crippen LogP contribution in [-0.4, -0.2) is 37.2 Å². The number of hydrazine groups is 1. The van der Waals surface area contributed by atoms with E-state index < -0.39 is 5.60 Å². The molecular weight excluding hydrogens is 156 g/mol. The van der Waals surface area contributed by atoms with Crippen molar-refractivity contribution in [2.75, 3.05) is 20.6 Å². The van der Waals surface area contributed by atoms with E-state index in [1.807, 2.05) is 34.9 Å². The zero-order valence-corrected chi connectivity index (χ0v) is 8.47. The molecule has 0 saturated heterocycles. The molecule has 0 aliphatic heterocycles. The Kier molecular flexibility index (Phi) is 4.20. The molecule has 0 spiro atoms. The van der Waals surface area contributed by atoms with Crippen molar-refractivity contribution in [3.05, 3.63) is 0 Å². The van der Waals surface area contributed by atoms with Gasteiger partial charge in [-0.1, -0.05) is 0 Å². The third-order valence-electron chi connectivity index (χ3n) is 0.960. The third-order valence-corrected chi connectivity index (χ3v) is 0.960. The van der Waals surface area contributed by atoms with Gasteiger partial charge in [-0.2, -0.15) is 0 Å². The molecule has 4 nitrogen and oxygen atoms in total. The lowest BCUT2D eigenvalue weighted by Gasteiger charge is -2.20. The molecule has 0 aromatic carbocycles. The van der Waals surface area contributed by atoms with Crippen molar-refractivity contribution in [1.82, 2.24) is 10.4 Å². The molecule has 0 aliphatic carbocycles. The minimum absolute atomic E-state index is 0.213. The fourth-order valence-corrected chi connectivity index (χ4v) is 0.600. The molecule has 1 N–H and O–H groups in total. The van der Waals surface area contributed by atoms with Crippen LogP contribution in [0.3, 0.4) is 0 Å². The molecule has 0 aliphatic rings. The lowest BCUT2D eigenvalue weighted by molar-refractivity contribution is -0.154. The number of rotatable bonds is 3. The van der Waals surface area contributed by atoms with Crippen LogP contribution in [0.4, 0.5) is 0 Å². The molecule has 0 bridgehead atoms. The molecule has 0 fully saturated rings. The van der Waals surface area contributed by atoms with Crippen LogP contribution >= 0.6 is 0 Å². The topological polar surface area (TPSA) is 41.6 Å². The molecule has 4 heteroatoms. The van der Waals surface area contributed by atoms with Gasteiger partial charge in [-0.25, -0.2) is 5.43 Å². The highest BCUT2D eigenvalue weighted by Gasteiger charge is 2.15. The van der Waals surface area contributed by atoms with E-state index in [9.17, 15) is 4.79 Å². The summed E-state index contributed by atoms with van der Waals surface area (Å²) in [6.07, 6.45) is 0. The zero-order valence-electron chi connectivity index (χ0n) is 8.47. The Morgan fingerprint density at radius 2 is 1.92 bits per heavy atom. The number of ether oxygens (including phenoxy) is 1. The summed E-state index contributed by atoms with van der Waals surface area (Å²) >= 11 is 0. The van der Waals surface area contributed by atoms with Gasteiger partial charge in [0.15, 0.2) is 0 Å². The van der Waals surface area contributed by atoms with Gasteiger partial charge in [0, 0.05) is 14.1 Å². The maximum absolute atomic E-state index is 11.1. The number of hydrogen-bond acceptors (Lipinski definition) is 4. The molecule has 0 aromatic heterocycles. The van der Waals surface area contributed by atoms with Crippen molar-refractivity contribution in [1.29, 1.82) is 0 Å². The van der Waals surface area contributed by atoms with Crippen LogP contribution in [0.15, 0.2) is 0 Å². The van der Waals surface area contributed by atoms with Crippen molar-refractivity contribution >= 4 is 5.97 Å². The van der Waals surface area contributed by atoms with Crippen LogP contribution in [0, 0.1) is 0 Å². The Morgan fingerprint density at radius 3 is 2.25 bits per heavy atom. The number of carbonyl (C=O) groups excluding carboxylic acids is 1. The summed E-state index contributed by atoms with van der Waals surface area (Å²) in [5, 5.41) is 1.71. The molecule has 0 saturated carbocycles. The summed E-state index contributed by atoms with van der Waals surface area (Å²) in [5.74, 6) is -0.240. The van der Waals surface area contributed by atoms with Crippen LogP contribution in [-0.2, 0) is 9.53 Å². The number of carbonyl (C=O) groups is 1. The predicted octanol–water partition coefficient (Wildman–Crippen LogP) is 0.394. The Balaban J connectivity index is 3.61. The molecule has 0 aromatic rings. The van der Waals surface area contributed by atoms with E-state index in [2.05, 4.69) is 5.43 Å². The highest BCUT2D eigenvalue weighted by Crippen LogP contribution is 2.05. The average Bonchev–Trinajstić information content (AvgIpc) is 1.79. The first-order chi connectivity index (χ1) is 5.31. The summed E-state index contributed by atoms with van der Waals surface area (Å²) in [5.41, 5.74) is 2.43. The average molecular weight is 174 g/mol. The van der Waals surface area contributed by atoms with E-state index in [1.165, 1.54) is 0 Å². The van der Waals surface area contributed by atoms with Gasteiger partial charge in [-0.15, -0.1) is 0 Å². The van der Waals surface area contributed by atoms with E-state index in [1.54, 1.807) is 5.01 Å². The first-order valence-electron chi connectivity index (χ1n) is 3.94. The molecule has 0 heterocycles.